The average molecular weight is 383 g/mol. The van der Waals surface area contributed by atoms with E-state index in [9.17, 15) is 14.4 Å². The number of nitrogens with two attached hydrogens (primary N) is 10. The van der Waals surface area contributed by atoms with Crippen LogP contribution in [0, 0.1) is 0 Å². The molecule has 1 unspecified atom stereocenters. The van der Waals surface area contributed by atoms with Crippen molar-refractivity contribution in [3.63, 3.8) is 0 Å². The van der Waals surface area contributed by atoms with Crippen molar-refractivity contribution >= 4 is 18.0 Å². The molecule has 17 heteroatoms. The number of nitrogens with one attached hydrogen (secondary N) is 1. The quantitative estimate of drug-likeness (QED) is 0.105. The Labute approximate surface area is 146 Å². The van der Waals surface area contributed by atoms with E-state index >= 15 is 0 Å². The maximum Gasteiger partial charge on any atom is 0.415 e. The van der Waals surface area contributed by atoms with E-state index in [1.54, 1.807) is 5.32 Å². The Kier molecular flexibility index (Phi) is 7.33. The molecule has 0 saturated carbocycles. The molecule has 0 rings (SSSR count). The van der Waals surface area contributed by atoms with Crippen molar-refractivity contribution < 1.29 is 28.6 Å². The van der Waals surface area contributed by atoms with Crippen LogP contribution in [0.15, 0.2) is 0 Å². The standard InChI is InChI=1S/C9H25N11O6/c10-6(11,12)1-3(21)24-7(13,2-4(22)25-8(14,15)16)20-5(23)26-9(17,18)19/h1-2,10-19H2,(H,20,23). The van der Waals surface area contributed by atoms with E-state index in [1.165, 1.54) is 0 Å². The van der Waals surface area contributed by atoms with Crippen molar-refractivity contribution in [1.82, 2.24) is 5.32 Å². The second-order valence-electron chi connectivity index (χ2n) is 5.53. The summed E-state index contributed by atoms with van der Waals surface area (Å²) in [5.41, 5.74) is 51.7. The van der Waals surface area contributed by atoms with Crippen molar-refractivity contribution in [3.8, 4) is 0 Å². The van der Waals surface area contributed by atoms with Gasteiger partial charge in [0.1, 0.15) is 12.2 Å². The maximum absolute atomic E-state index is 11.8. The smallest absolute Gasteiger partial charge is 0.415 e. The molecular weight excluding hydrogens is 358 g/mol. The summed E-state index contributed by atoms with van der Waals surface area (Å²) in [4.78, 5) is 35.2. The molecule has 17 nitrogen and oxygen atoms in total. The highest BCUT2D eigenvalue weighted by Crippen LogP contribution is 2.11. The van der Waals surface area contributed by atoms with Crippen LogP contribution in [0.1, 0.15) is 12.8 Å². The van der Waals surface area contributed by atoms with Crippen molar-refractivity contribution in [2.75, 3.05) is 0 Å². The summed E-state index contributed by atoms with van der Waals surface area (Å²) >= 11 is 0. The second kappa shape index (κ2) is 8.01. The summed E-state index contributed by atoms with van der Waals surface area (Å²) in [6, 6.07) is 0. The second-order valence-corrected chi connectivity index (χ2v) is 5.53. The van der Waals surface area contributed by atoms with Crippen LogP contribution in [-0.4, -0.2) is 41.6 Å². The third kappa shape index (κ3) is 12.2. The largest absolute Gasteiger partial charge is 0.424 e. The van der Waals surface area contributed by atoms with E-state index in [4.69, 9.17) is 62.1 Å². The van der Waals surface area contributed by atoms with Gasteiger partial charge in [0.15, 0.2) is 0 Å². The van der Waals surface area contributed by atoms with Crippen LogP contribution < -0.4 is 62.7 Å². The van der Waals surface area contributed by atoms with E-state index in [0.29, 0.717) is 0 Å². The molecule has 0 aromatic heterocycles. The lowest BCUT2D eigenvalue weighted by Gasteiger charge is -2.31. The molecule has 0 fully saturated rings. The molecule has 152 valence electrons. The van der Waals surface area contributed by atoms with Gasteiger partial charge in [-0.2, -0.15) is 0 Å². The summed E-state index contributed by atoms with van der Waals surface area (Å²) in [6.45, 7) is 0. The Balaban J connectivity index is 5.27. The predicted octanol–water partition coefficient (Wildman–Crippen LogP) is -7.30. The van der Waals surface area contributed by atoms with Crippen LogP contribution in [0.2, 0.25) is 0 Å². The lowest BCUT2D eigenvalue weighted by Crippen LogP contribution is -2.67. The number of esters is 2. The molecule has 0 heterocycles. The van der Waals surface area contributed by atoms with Crippen molar-refractivity contribution in [2.45, 2.75) is 36.4 Å². The zero-order chi connectivity index (χ0) is 21.0. The molecule has 0 radical (unpaired) electrons. The van der Waals surface area contributed by atoms with Crippen molar-refractivity contribution in [3.05, 3.63) is 0 Å². The van der Waals surface area contributed by atoms with E-state index < -0.39 is 54.5 Å². The molecule has 0 aliphatic heterocycles. The Morgan fingerprint density at radius 2 is 1.08 bits per heavy atom. The average Bonchev–Trinajstić information content (AvgIpc) is 2.16. The highest BCUT2D eigenvalue weighted by Gasteiger charge is 2.39. The SMILES string of the molecule is NC(N)(N)CC(=O)OC(N)(CC(=O)OC(N)(N)N)NC(=O)OC(N)(N)N. The van der Waals surface area contributed by atoms with Gasteiger partial charge in [0.25, 0.3) is 17.8 Å². The first-order chi connectivity index (χ1) is 11.3. The molecule has 0 saturated heterocycles. The number of ether oxygens (including phenoxy) is 3. The summed E-state index contributed by atoms with van der Waals surface area (Å²) in [5.74, 6) is -11.8. The zero-order valence-corrected chi connectivity index (χ0v) is 13.6. The van der Waals surface area contributed by atoms with Gasteiger partial charge in [-0.15, -0.1) is 0 Å². The van der Waals surface area contributed by atoms with Gasteiger partial charge < -0.3 is 31.4 Å². The minimum Gasteiger partial charge on any atom is -0.424 e. The zero-order valence-electron chi connectivity index (χ0n) is 13.6. The molecule has 0 aliphatic carbocycles. The number of carbonyl (C=O) groups is 3. The monoisotopic (exact) mass is 383 g/mol. The van der Waals surface area contributed by atoms with Crippen LogP contribution in [0.5, 0.6) is 0 Å². The molecule has 0 bridgehead atoms. The molecular formula is C9H25N11O6. The van der Waals surface area contributed by atoms with Crippen molar-refractivity contribution in [1.29, 1.82) is 0 Å². The Morgan fingerprint density at radius 3 is 1.46 bits per heavy atom. The highest BCUT2D eigenvalue weighted by atomic mass is 16.6. The third-order valence-electron chi connectivity index (χ3n) is 2.03. The van der Waals surface area contributed by atoms with Crippen molar-refractivity contribution in [2.24, 2.45) is 57.3 Å². The summed E-state index contributed by atoms with van der Waals surface area (Å²) in [7, 11) is 0. The predicted molar refractivity (Wildman–Crippen MR) is 83.8 cm³/mol. The minimum absolute atomic E-state index is 0.763. The maximum atomic E-state index is 11.8. The lowest BCUT2D eigenvalue weighted by atomic mass is 10.2. The Morgan fingerprint density at radius 1 is 0.654 bits per heavy atom. The van der Waals surface area contributed by atoms with E-state index in [2.05, 4.69) is 9.47 Å². The summed E-state index contributed by atoms with van der Waals surface area (Å²) in [5, 5.41) is 1.77. The third-order valence-corrected chi connectivity index (χ3v) is 2.03. The van der Waals surface area contributed by atoms with Gasteiger partial charge in [0.2, 0.25) is 0 Å². The van der Waals surface area contributed by atoms with Gasteiger partial charge in [-0.05, 0) is 0 Å². The van der Waals surface area contributed by atoms with Gasteiger partial charge >= 0.3 is 18.0 Å². The van der Waals surface area contributed by atoms with E-state index in [1.807, 2.05) is 0 Å². The molecule has 0 aromatic rings. The number of hydrogen-bond donors (Lipinski definition) is 11. The number of carbonyl (C=O) groups excluding carboxylic acids is 3. The van der Waals surface area contributed by atoms with Gasteiger partial charge in [-0.25, -0.2) is 4.79 Å². The van der Waals surface area contributed by atoms with E-state index in [0.717, 1.165) is 0 Å². The van der Waals surface area contributed by atoms with Crippen LogP contribution in [0.3, 0.4) is 0 Å². The first-order valence-corrected chi connectivity index (χ1v) is 6.64. The number of alkyl carbamates (subject to hydrolysis) is 1. The lowest BCUT2D eigenvalue weighted by molar-refractivity contribution is -0.176. The fraction of sp³-hybridized carbons (Fsp3) is 0.667. The normalized spacial score (nSPS) is 14.8. The Hall–Kier alpha value is -2.19. The van der Waals surface area contributed by atoms with Gasteiger partial charge in [-0.3, -0.25) is 55.0 Å². The summed E-state index contributed by atoms with van der Waals surface area (Å²) < 4.78 is 13.4. The highest BCUT2D eigenvalue weighted by molar-refractivity contribution is 5.76. The van der Waals surface area contributed by atoms with Gasteiger partial charge in [0, 0.05) is 0 Å². The molecule has 1 amide bonds. The molecule has 0 spiro atoms. The fourth-order valence-corrected chi connectivity index (χ4v) is 1.40. The first kappa shape index (κ1) is 23.8. The number of amides is 1. The van der Waals surface area contributed by atoms with Crippen LogP contribution in [0.4, 0.5) is 4.79 Å². The topological polar surface area (TPSA) is 351 Å². The van der Waals surface area contributed by atoms with Crippen LogP contribution in [0.25, 0.3) is 0 Å². The fourth-order valence-electron chi connectivity index (χ4n) is 1.40. The molecule has 0 aliphatic rings. The summed E-state index contributed by atoms with van der Waals surface area (Å²) in [6.07, 6.45) is -3.28. The van der Waals surface area contributed by atoms with E-state index in [-0.39, 0.29) is 0 Å². The van der Waals surface area contributed by atoms with Crippen LogP contribution >= 0.6 is 0 Å². The molecule has 26 heavy (non-hydrogen) atoms. The van der Waals surface area contributed by atoms with Gasteiger partial charge in [0.05, 0.1) is 6.42 Å². The minimum atomic E-state index is -2.58. The molecule has 1 atom stereocenters. The Bertz CT molecular complexity index is 460. The van der Waals surface area contributed by atoms with Gasteiger partial charge in [-0.1, -0.05) is 0 Å². The molecule has 0 aromatic carbocycles. The number of hydrogen-bond acceptors (Lipinski definition) is 16. The first-order valence-electron chi connectivity index (χ1n) is 6.64. The molecule has 21 N–H and O–H groups in total. The van der Waals surface area contributed by atoms with Crippen LogP contribution in [-0.2, 0) is 23.8 Å². The number of rotatable bonds is 8.